The Hall–Kier alpha value is -0.960. The summed E-state index contributed by atoms with van der Waals surface area (Å²) in [7, 11) is 0. The lowest BCUT2D eigenvalue weighted by Gasteiger charge is -2.04. The van der Waals surface area contributed by atoms with Gasteiger partial charge < -0.3 is 5.32 Å². The lowest BCUT2D eigenvalue weighted by molar-refractivity contribution is 0.571. The van der Waals surface area contributed by atoms with Crippen LogP contribution in [0.2, 0.25) is 0 Å². The summed E-state index contributed by atoms with van der Waals surface area (Å²) in [6.07, 6.45) is 3.47. The predicted molar refractivity (Wildman–Crippen MR) is 57.6 cm³/mol. The van der Waals surface area contributed by atoms with Gasteiger partial charge in [-0.2, -0.15) is 0 Å². The minimum atomic E-state index is -0.514. The van der Waals surface area contributed by atoms with E-state index in [1.807, 2.05) is 0 Å². The minimum absolute atomic E-state index is 0.514. The molecule has 1 aromatic carbocycles. The van der Waals surface area contributed by atoms with Crippen molar-refractivity contribution >= 4 is 0 Å². The van der Waals surface area contributed by atoms with E-state index in [4.69, 9.17) is 0 Å². The van der Waals surface area contributed by atoms with Crippen LogP contribution in [0, 0.1) is 11.6 Å². The molecule has 0 heterocycles. The van der Waals surface area contributed by atoms with E-state index in [0.29, 0.717) is 12.1 Å². The van der Waals surface area contributed by atoms with Gasteiger partial charge in [0, 0.05) is 12.6 Å². The van der Waals surface area contributed by atoms with Crippen LogP contribution < -0.4 is 5.32 Å². The fraction of sp³-hybridized carbons (Fsp3) is 0.500. The van der Waals surface area contributed by atoms with Gasteiger partial charge in [-0.05, 0) is 30.7 Å². The second-order valence-electron chi connectivity index (χ2n) is 3.66. The molecule has 3 heteroatoms. The number of benzene rings is 1. The van der Waals surface area contributed by atoms with E-state index < -0.39 is 11.6 Å². The zero-order valence-electron chi connectivity index (χ0n) is 9.02. The van der Waals surface area contributed by atoms with Gasteiger partial charge in [-0.25, -0.2) is 8.78 Å². The van der Waals surface area contributed by atoms with Crippen LogP contribution in [-0.2, 0) is 6.54 Å². The maximum Gasteiger partial charge on any atom is 0.126 e. The smallest absolute Gasteiger partial charge is 0.126 e. The van der Waals surface area contributed by atoms with Crippen LogP contribution in [0.5, 0.6) is 0 Å². The highest BCUT2D eigenvalue weighted by atomic mass is 19.1. The molecule has 0 spiro atoms. The summed E-state index contributed by atoms with van der Waals surface area (Å²) in [6.45, 7) is 3.56. The Morgan fingerprint density at radius 2 is 1.73 bits per heavy atom. The van der Waals surface area contributed by atoms with Crippen LogP contribution in [0.3, 0.4) is 0 Å². The molecule has 84 valence electrons. The molecule has 15 heavy (non-hydrogen) atoms. The van der Waals surface area contributed by atoms with E-state index in [-0.39, 0.29) is 0 Å². The first-order chi connectivity index (χ1) is 7.22. The highest BCUT2D eigenvalue weighted by molar-refractivity contribution is 5.17. The van der Waals surface area contributed by atoms with E-state index in [1.54, 1.807) is 0 Å². The highest BCUT2D eigenvalue weighted by Crippen LogP contribution is 2.07. The van der Waals surface area contributed by atoms with Crippen molar-refractivity contribution in [2.24, 2.45) is 0 Å². The molecule has 1 rings (SSSR count). The first-order valence-electron chi connectivity index (χ1n) is 5.38. The molecule has 0 aliphatic rings. The van der Waals surface area contributed by atoms with Gasteiger partial charge in [-0.3, -0.25) is 0 Å². The van der Waals surface area contributed by atoms with E-state index in [2.05, 4.69) is 12.2 Å². The summed E-state index contributed by atoms with van der Waals surface area (Å²) in [5, 5.41) is 3.16. The van der Waals surface area contributed by atoms with Crippen molar-refractivity contribution in [3.8, 4) is 0 Å². The lowest BCUT2D eigenvalue weighted by atomic mass is 10.2. The molecule has 0 saturated carbocycles. The largest absolute Gasteiger partial charge is 0.313 e. The SMILES string of the molecule is CCCCCNCc1cc(F)cc(F)c1. The van der Waals surface area contributed by atoms with Crippen LogP contribution >= 0.6 is 0 Å². The summed E-state index contributed by atoms with van der Waals surface area (Å²) >= 11 is 0. The summed E-state index contributed by atoms with van der Waals surface area (Å²) in [4.78, 5) is 0. The van der Waals surface area contributed by atoms with Crippen molar-refractivity contribution in [3.05, 3.63) is 35.4 Å². The Labute approximate surface area is 89.5 Å². The summed E-state index contributed by atoms with van der Waals surface area (Å²) < 4.78 is 25.6. The van der Waals surface area contributed by atoms with Gasteiger partial charge in [-0.1, -0.05) is 19.8 Å². The maximum absolute atomic E-state index is 12.8. The molecule has 0 saturated heterocycles. The molecule has 0 bridgehead atoms. The molecule has 0 atom stereocenters. The van der Waals surface area contributed by atoms with Crippen LogP contribution in [0.15, 0.2) is 18.2 Å². The first-order valence-corrected chi connectivity index (χ1v) is 5.38. The minimum Gasteiger partial charge on any atom is -0.313 e. The maximum atomic E-state index is 12.8. The number of unbranched alkanes of at least 4 members (excludes halogenated alkanes) is 2. The summed E-state index contributed by atoms with van der Waals surface area (Å²) in [5.41, 5.74) is 0.656. The van der Waals surface area contributed by atoms with Crippen LogP contribution in [0.4, 0.5) is 8.78 Å². The number of hydrogen-bond donors (Lipinski definition) is 1. The molecule has 1 nitrogen and oxygen atoms in total. The quantitative estimate of drug-likeness (QED) is 0.715. The second kappa shape index (κ2) is 6.51. The molecule has 0 aliphatic carbocycles. The van der Waals surface area contributed by atoms with Gasteiger partial charge in [0.1, 0.15) is 11.6 Å². The Balaban J connectivity index is 2.31. The fourth-order valence-corrected chi connectivity index (χ4v) is 1.45. The molecule has 1 aromatic rings. The number of hydrogen-bond acceptors (Lipinski definition) is 1. The number of rotatable bonds is 6. The zero-order chi connectivity index (χ0) is 11.1. The Morgan fingerprint density at radius 1 is 1.07 bits per heavy atom. The Bertz CT molecular complexity index is 279. The van der Waals surface area contributed by atoms with Crippen LogP contribution in [0.25, 0.3) is 0 Å². The van der Waals surface area contributed by atoms with E-state index in [9.17, 15) is 8.78 Å². The molecule has 0 fully saturated rings. The van der Waals surface area contributed by atoms with Gasteiger partial charge in [0.25, 0.3) is 0 Å². The predicted octanol–water partition coefficient (Wildman–Crippen LogP) is 3.24. The normalized spacial score (nSPS) is 10.6. The third-order valence-corrected chi connectivity index (χ3v) is 2.21. The Kier molecular flexibility index (Phi) is 5.26. The number of halogens is 2. The standard InChI is InChI=1S/C12H17F2N/c1-2-3-4-5-15-9-10-6-11(13)8-12(14)7-10/h6-8,15H,2-5,9H2,1H3. The van der Waals surface area contributed by atoms with Crippen molar-refractivity contribution in [1.29, 1.82) is 0 Å². The van der Waals surface area contributed by atoms with Crippen molar-refractivity contribution in [3.63, 3.8) is 0 Å². The third kappa shape index (κ3) is 4.88. The van der Waals surface area contributed by atoms with Gasteiger partial charge >= 0.3 is 0 Å². The van der Waals surface area contributed by atoms with E-state index in [0.717, 1.165) is 19.0 Å². The zero-order valence-corrected chi connectivity index (χ0v) is 9.02. The molecule has 0 aromatic heterocycles. The molecular formula is C12H17F2N. The van der Waals surface area contributed by atoms with Crippen molar-refractivity contribution in [2.75, 3.05) is 6.54 Å². The van der Waals surface area contributed by atoms with Crippen LogP contribution in [-0.4, -0.2) is 6.54 Å². The van der Waals surface area contributed by atoms with E-state index in [1.165, 1.54) is 25.0 Å². The third-order valence-electron chi connectivity index (χ3n) is 2.21. The van der Waals surface area contributed by atoms with Crippen molar-refractivity contribution in [1.82, 2.24) is 5.32 Å². The van der Waals surface area contributed by atoms with Gasteiger partial charge in [0.05, 0.1) is 0 Å². The van der Waals surface area contributed by atoms with Gasteiger partial charge in [-0.15, -0.1) is 0 Å². The first kappa shape index (κ1) is 12.1. The fourth-order valence-electron chi connectivity index (χ4n) is 1.45. The average molecular weight is 213 g/mol. The van der Waals surface area contributed by atoms with Crippen LogP contribution in [0.1, 0.15) is 31.7 Å². The molecular weight excluding hydrogens is 196 g/mol. The van der Waals surface area contributed by atoms with Gasteiger partial charge in [0.2, 0.25) is 0 Å². The molecule has 0 unspecified atom stereocenters. The topological polar surface area (TPSA) is 12.0 Å². The summed E-state index contributed by atoms with van der Waals surface area (Å²) in [5.74, 6) is -1.03. The molecule has 1 N–H and O–H groups in total. The monoisotopic (exact) mass is 213 g/mol. The average Bonchev–Trinajstić information content (AvgIpc) is 2.16. The summed E-state index contributed by atoms with van der Waals surface area (Å²) in [6, 6.07) is 3.60. The Morgan fingerprint density at radius 3 is 2.33 bits per heavy atom. The molecule has 0 amide bonds. The van der Waals surface area contributed by atoms with Crippen molar-refractivity contribution in [2.45, 2.75) is 32.7 Å². The van der Waals surface area contributed by atoms with Crippen molar-refractivity contribution < 1.29 is 8.78 Å². The van der Waals surface area contributed by atoms with Gasteiger partial charge in [0.15, 0.2) is 0 Å². The lowest BCUT2D eigenvalue weighted by Crippen LogP contribution is -2.14. The number of nitrogens with one attached hydrogen (secondary N) is 1. The second-order valence-corrected chi connectivity index (χ2v) is 3.66. The molecule has 0 aliphatic heterocycles. The molecule has 0 radical (unpaired) electrons. The highest BCUT2D eigenvalue weighted by Gasteiger charge is 1.99. The van der Waals surface area contributed by atoms with E-state index >= 15 is 0 Å².